The molecule has 1 rings (SSSR count). The third-order valence-electron chi connectivity index (χ3n) is 1.96. The number of rotatable bonds is 6. The second kappa shape index (κ2) is 5.78. The van der Waals surface area contributed by atoms with Crippen LogP contribution in [-0.2, 0) is 14.8 Å². The number of nitrogens with one attached hydrogen (secondary N) is 3. The van der Waals surface area contributed by atoms with Gasteiger partial charge in [-0.15, -0.1) is 0 Å². The molecule has 1 aromatic heterocycles. The minimum Gasteiger partial charge on any atom is -0.355 e. The summed E-state index contributed by atoms with van der Waals surface area (Å²) in [7, 11) is -3.69. The average molecular weight is 260 g/mol. The highest BCUT2D eigenvalue weighted by molar-refractivity contribution is 7.89. The van der Waals surface area contributed by atoms with E-state index in [4.69, 9.17) is 0 Å². The van der Waals surface area contributed by atoms with Gasteiger partial charge in [0.2, 0.25) is 5.91 Å². The third kappa shape index (κ3) is 4.16. The van der Waals surface area contributed by atoms with Crippen LogP contribution in [-0.4, -0.2) is 37.4 Å². The van der Waals surface area contributed by atoms with E-state index in [1.807, 2.05) is 6.92 Å². The molecule has 1 amide bonds. The van der Waals surface area contributed by atoms with Crippen LogP contribution in [0.2, 0.25) is 0 Å². The fraction of sp³-hybridized carbons (Fsp3) is 0.556. The van der Waals surface area contributed by atoms with Crippen LogP contribution < -0.4 is 10.0 Å². The molecule has 0 bridgehead atoms. The molecule has 0 aliphatic rings. The van der Waals surface area contributed by atoms with E-state index in [-0.39, 0.29) is 17.5 Å². The number of carbonyl (C=O) groups excluding carboxylic acids is 1. The van der Waals surface area contributed by atoms with Crippen LogP contribution in [0, 0.1) is 6.92 Å². The number of nitrogens with zero attached hydrogens (tertiary/aromatic N) is 1. The third-order valence-corrected chi connectivity index (χ3v) is 3.27. The van der Waals surface area contributed by atoms with Crippen molar-refractivity contribution < 1.29 is 13.2 Å². The van der Waals surface area contributed by atoms with Gasteiger partial charge in [-0.05, 0) is 13.3 Å². The molecule has 0 saturated carbocycles. The van der Waals surface area contributed by atoms with Gasteiger partial charge in [-0.25, -0.2) is 18.1 Å². The first-order valence-corrected chi connectivity index (χ1v) is 6.72. The number of aryl methyl sites for hydroxylation is 1. The van der Waals surface area contributed by atoms with Crippen LogP contribution in [0.15, 0.2) is 11.2 Å². The van der Waals surface area contributed by atoms with E-state index < -0.39 is 10.0 Å². The lowest BCUT2D eigenvalue weighted by Crippen LogP contribution is -2.37. The first-order valence-electron chi connectivity index (χ1n) is 5.23. The minimum atomic E-state index is -3.69. The van der Waals surface area contributed by atoms with Crippen LogP contribution in [0.25, 0.3) is 0 Å². The normalized spacial score (nSPS) is 11.4. The molecule has 8 heteroatoms. The molecule has 0 atom stereocenters. The number of H-pyrrole nitrogens is 1. The summed E-state index contributed by atoms with van der Waals surface area (Å²) >= 11 is 0. The molecule has 0 aliphatic carbocycles. The summed E-state index contributed by atoms with van der Waals surface area (Å²) in [4.78, 5) is 17.6. The lowest BCUT2D eigenvalue weighted by Gasteiger charge is -2.05. The molecular formula is C9H16N4O3S. The fourth-order valence-electron chi connectivity index (χ4n) is 1.10. The van der Waals surface area contributed by atoms with Crippen LogP contribution in [0.3, 0.4) is 0 Å². The highest BCUT2D eigenvalue weighted by Gasteiger charge is 2.17. The van der Waals surface area contributed by atoms with E-state index in [0.29, 0.717) is 12.4 Å². The van der Waals surface area contributed by atoms with Gasteiger partial charge < -0.3 is 10.3 Å². The maximum Gasteiger partial charge on any atom is 0.258 e. The van der Waals surface area contributed by atoms with Gasteiger partial charge in [0.1, 0.15) is 5.82 Å². The number of amides is 1. The Labute approximate surface area is 100 Å². The summed E-state index contributed by atoms with van der Waals surface area (Å²) in [6, 6.07) is 0. The van der Waals surface area contributed by atoms with Gasteiger partial charge in [-0.3, -0.25) is 4.79 Å². The number of imidazole rings is 1. The molecule has 3 N–H and O–H groups in total. The molecule has 96 valence electrons. The Balaban J connectivity index is 2.54. The quantitative estimate of drug-likeness (QED) is 0.642. The number of aromatic amines is 1. The topological polar surface area (TPSA) is 104 Å². The van der Waals surface area contributed by atoms with Crippen molar-refractivity contribution in [2.75, 3.05) is 13.1 Å². The van der Waals surface area contributed by atoms with Crippen molar-refractivity contribution in [1.29, 1.82) is 0 Å². The molecule has 1 heterocycles. The predicted molar refractivity (Wildman–Crippen MR) is 61.8 cm³/mol. The second-order valence-electron chi connectivity index (χ2n) is 3.51. The lowest BCUT2D eigenvalue weighted by atomic mass is 10.5. The molecule has 17 heavy (non-hydrogen) atoms. The van der Waals surface area contributed by atoms with E-state index in [1.165, 1.54) is 6.20 Å². The first-order chi connectivity index (χ1) is 7.95. The summed E-state index contributed by atoms with van der Waals surface area (Å²) in [5.74, 6) is 0.146. The van der Waals surface area contributed by atoms with Gasteiger partial charge in [0.25, 0.3) is 10.0 Å². The highest BCUT2D eigenvalue weighted by Crippen LogP contribution is 2.03. The van der Waals surface area contributed by atoms with Crippen LogP contribution in [0.4, 0.5) is 0 Å². The number of carbonyl (C=O) groups is 1. The van der Waals surface area contributed by atoms with Crippen molar-refractivity contribution >= 4 is 15.9 Å². The Morgan fingerprint density at radius 2 is 2.24 bits per heavy atom. The fourth-order valence-corrected chi connectivity index (χ4v) is 2.05. The van der Waals surface area contributed by atoms with E-state index >= 15 is 0 Å². The van der Waals surface area contributed by atoms with Gasteiger partial charge >= 0.3 is 0 Å². The second-order valence-corrected chi connectivity index (χ2v) is 5.24. The van der Waals surface area contributed by atoms with E-state index in [1.54, 1.807) is 6.92 Å². The Morgan fingerprint density at radius 3 is 2.76 bits per heavy atom. The average Bonchev–Trinajstić information content (AvgIpc) is 2.71. The maximum absolute atomic E-state index is 11.7. The van der Waals surface area contributed by atoms with Gasteiger partial charge in [0.15, 0.2) is 5.03 Å². The number of sulfonamides is 1. The van der Waals surface area contributed by atoms with Gasteiger partial charge in [-0.2, -0.15) is 0 Å². The smallest absolute Gasteiger partial charge is 0.258 e. The van der Waals surface area contributed by atoms with Crippen molar-refractivity contribution in [1.82, 2.24) is 20.0 Å². The minimum absolute atomic E-state index is 0.0432. The number of hydrogen-bond acceptors (Lipinski definition) is 4. The van der Waals surface area contributed by atoms with Gasteiger partial charge in [-0.1, -0.05) is 6.92 Å². The highest BCUT2D eigenvalue weighted by atomic mass is 32.2. The summed E-state index contributed by atoms with van der Waals surface area (Å²) in [6.07, 6.45) is 2.01. The molecule has 7 nitrogen and oxygen atoms in total. The predicted octanol–water partition coefficient (Wildman–Crippen LogP) is -0.477. The van der Waals surface area contributed by atoms with Crippen LogP contribution in [0.5, 0.6) is 0 Å². The molecule has 0 unspecified atom stereocenters. The van der Waals surface area contributed by atoms with E-state index in [0.717, 1.165) is 6.42 Å². The van der Waals surface area contributed by atoms with Crippen molar-refractivity contribution in [2.24, 2.45) is 0 Å². The maximum atomic E-state index is 11.7. The van der Waals surface area contributed by atoms with Crippen LogP contribution in [0.1, 0.15) is 19.2 Å². The van der Waals surface area contributed by atoms with Crippen molar-refractivity contribution in [3.63, 3.8) is 0 Å². The van der Waals surface area contributed by atoms with Crippen LogP contribution >= 0.6 is 0 Å². The molecular weight excluding hydrogens is 244 g/mol. The number of aromatic nitrogens is 2. The Hall–Kier alpha value is -1.41. The molecule has 1 aromatic rings. The largest absolute Gasteiger partial charge is 0.355 e. The SMILES string of the molecule is CCCNC(=O)CNS(=O)(=O)c1cnc(C)[nH]1. The monoisotopic (exact) mass is 260 g/mol. The zero-order valence-electron chi connectivity index (χ0n) is 9.78. The Morgan fingerprint density at radius 1 is 1.53 bits per heavy atom. The summed E-state index contributed by atoms with van der Waals surface area (Å²) in [6.45, 7) is 3.81. The van der Waals surface area contributed by atoms with Gasteiger partial charge in [0.05, 0.1) is 12.7 Å². The van der Waals surface area contributed by atoms with E-state index in [9.17, 15) is 13.2 Å². The zero-order chi connectivity index (χ0) is 12.9. The molecule has 0 aliphatic heterocycles. The number of hydrogen-bond donors (Lipinski definition) is 3. The molecule has 0 radical (unpaired) electrons. The Kier molecular flexibility index (Phi) is 4.64. The molecule has 0 aromatic carbocycles. The van der Waals surface area contributed by atoms with Crippen molar-refractivity contribution in [2.45, 2.75) is 25.3 Å². The first kappa shape index (κ1) is 13.7. The molecule has 0 saturated heterocycles. The standard InChI is InChI=1S/C9H16N4O3S/c1-3-4-10-8(14)5-12-17(15,16)9-6-11-7(2)13-9/h6,12H,3-5H2,1-2H3,(H,10,14)(H,11,13). The van der Waals surface area contributed by atoms with Crippen molar-refractivity contribution in [3.8, 4) is 0 Å². The molecule has 0 fully saturated rings. The summed E-state index contributed by atoms with van der Waals surface area (Å²) in [5, 5.41) is 2.53. The summed E-state index contributed by atoms with van der Waals surface area (Å²) in [5.41, 5.74) is 0. The Bertz CT molecular complexity index is 480. The van der Waals surface area contributed by atoms with Gasteiger partial charge in [0, 0.05) is 6.54 Å². The zero-order valence-corrected chi connectivity index (χ0v) is 10.6. The molecule has 0 spiro atoms. The van der Waals surface area contributed by atoms with Crippen molar-refractivity contribution in [3.05, 3.63) is 12.0 Å². The summed E-state index contributed by atoms with van der Waals surface area (Å²) < 4.78 is 25.5. The lowest BCUT2D eigenvalue weighted by molar-refractivity contribution is -0.119. The van der Waals surface area contributed by atoms with E-state index in [2.05, 4.69) is 20.0 Å².